The standard InChI is InChI=1S/C34H28N2O4.Pt/c37-33-17-15-29(39-23-25-9-3-1-4-10-25)19-27(33)21-35-31-13-7-8-14-32(31)36-22-28-20-30(16-18-34(28)38)40-24-26-11-5-2-6-12-26;/h1-22,37-38H,23-24H2;. The van der Waals surface area contributed by atoms with Gasteiger partial charge in [-0.3, -0.25) is 9.98 Å². The second kappa shape index (κ2) is 14.6. The smallest absolute Gasteiger partial charge is 0.124 e. The van der Waals surface area contributed by atoms with E-state index in [9.17, 15) is 10.2 Å². The van der Waals surface area contributed by atoms with Crippen LogP contribution in [0.4, 0.5) is 11.4 Å². The zero-order valence-corrected chi connectivity index (χ0v) is 24.3. The molecule has 208 valence electrons. The molecule has 0 aliphatic rings. The summed E-state index contributed by atoms with van der Waals surface area (Å²) in [6, 6.07) is 37.2. The van der Waals surface area contributed by atoms with Crippen LogP contribution in [0.2, 0.25) is 0 Å². The minimum Gasteiger partial charge on any atom is -0.507 e. The summed E-state index contributed by atoms with van der Waals surface area (Å²) in [4.78, 5) is 9.14. The molecule has 0 spiro atoms. The molecule has 0 aliphatic carbocycles. The van der Waals surface area contributed by atoms with E-state index in [1.807, 2.05) is 84.9 Å². The molecule has 0 unspecified atom stereocenters. The quantitative estimate of drug-likeness (QED) is 0.145. The number of rotatable bonds is 10. The molecule has 2 N–H and O–H groups in total. The normalized spacial score (nSPS) is 10.9. The van der Waals surface area contributed by atoms with Gasteiger partial charge in [-0.1, -0.05) is 72.8 Å². The number of phenolic OH excluding ortho intramolecular Hbond substituents is 2. The molecule has 6 nitrogen and oxygen atoms in total. The fourth-order valence-corrected chi connectivity index (χ4v) is 3.89. The first-order chi connectivity index (χ1) is 19.6. The second-order valence-corrected chi connectivity index (χ2v) is 8.99. The van der Waals surface area contributed by atoms with E-state index in [4.69, 9.17) is 9.47 Å². The Morgan fingerprint density at radius 2 is 0.902 bits per heavy atom. The van der Waals surface area contributed by atoms with Gasteiger partial charge in [-0.2, -0.15) is 0 Å². The molecule has 5 rings (SSSR count). The van der Waals surface area contributed by atoms with Gasteiger partial charge < -0.3 is 19.7 Å². The third-order valence-electron chi connectivity index (χ3n) is 6.06. The molecule has 0 saturated heterocycles. The van der Waals surface area contributed by atoms with Crippen LogP contribution in [0.3, 0.4) is 0 Å². The van der Waals surface area contributed by atoms with Gasteiger partial charge in [-0.15, -0.1) is 0 Å². The molecule has 0 aromatic heterocycles. The van der Waals surface area contributed by atoms with Gasteiger partial charge in [0.05, 0.1) is 11.4 Å². The van der Waals surface area contributed by atoms with E-state index in [1.165, 1.54) is 0 Å². The number of hydrogen-bond acceptors (Lipinski definition) is 6. The predicted octanol–water partition coefficient (Wildman–Crippen LogP) is 7.75. The first-order valence-corrected chi connectivity index (χ1v) is 12.8. The third kappa shape index (κ3) is 8.41. The summed E-state index contributed by atoms with van der Waals surface area (Å²) in [5.41, 5.74) is 4.35. The Bertz CT molecular complexity index is 1500. The van der Waals surface area contributed by atoms with Crippen molar-refractivity contribution in [1.29, 1.82) is 0 Å². The summed E-state index contributed by atoms with van der Waals surface area (Å²) in [6.07, 6.45) is 3.16. The van der Waals surface area contributed by atoms with Gasteiger partial charge >= 0.3 is 0 Å². The zero-order chi connectivity index (χ0) is 27.6. The summed E-state index contributed by atoms with van der Waals surface area (Å²) in [6.45, 7) is 0.843. The maximum atomic E-state index is 10.4. The van der Waals surface area contributed by atoms with Crippen LogP contribution < -0.4 is 9.47 Å². The number of nitrogens with zero attached hydrogens (tertiary/aromatic N) is 2. The Hall–Kier alpha value is -4.67. The summed E-state index contributed by atoms with van der Waals surface area (Å²) in [5, 5.41) is 20.8. The Kier molecular flexibility index (Phi) is 10.5. The van der Waals surface area contributed by atoms with Crippen LogP contribution >= 0.6 is 0 Å². The molecule has 7 heteroatoms. The number of phenols is 2. The SMILES string of the molecule is Oc1ccc(OCc2ccccc2)cc1C=Nc1ccccc1N=Cc1cc(OCc2ccccc2)ccc1O.[Pt]. The minimum atomic E-state index is 0. The molecule has 0 amide bonds. The van der Waals surface area contributed by atoms with E-state index >= 15 is 0 Å². The van der Waals surface area contributed by atoms with Crippen molar-refractivity contribution in [2.45, 2.75) is 13.2 Å². The molecular weight excluding hydrogens is 695 g/mol. The van der Waals surface area contributed by atoms with Crippen molar-refractivity contribution in [2.75, 3.05) is 0 Å². The largest absolute Gasteiger partial charge is 0.507 e. The van der Waals surface area contributed by atoms with Crippen LogP contribution in [0.25, 0.3) is 0 Å². The minimum absolute atomic E-state index is 0. The Morgan fingerprint density at radius 3 is 1.32 bits per heavy atom. The van der Waals surface area contributed by atoms with Crippen molar-refractivity contribution >= 4 is 23.8 Å². The van der Waals surface area contributed by atoms with E-state index < -0.39 is 0 Å². The van der Waals surface area contributed by atoms with Crippen LogP contribution in [0, 0.1) is 0 Å². The van der Waals surface area contributed by atoms with E-state index in [0.29, 0.717) is 47.2 Å². The fourth-order valence-electron chi connectivity index (χ4n) is 3.89. The summed E-state index contributed by atoms with van der Waals surface area (Å²) in [7, 11) is 0. The Labute approximate surface area is 253 Å². The number of para-hydroxylation sites is 2. The molecule has 0 bridgehead atoms. The molecule has 5 aromatic carbocycles. The van der Waals surface area contributed by atoms with Crippen LogP contribution in [0.1, 0.15) is 22.3 Å². The topological polar surface area (TPSA) is 83.6 Å². The first kappa shape index (κ1) is 29.3. The maximum Gasteiger partial charge on any atom is 0.124 e. The number of aromatic hydroxyl groups is 2. The van der Waals surface area contributed by atoms with Crippen molar-refractivity contribution in [3.05, 3.63) is 144 Å². The molecule has 0 saturated carbocycles. The molecule has 41 heavy (non-hydrogen) atoms. The average Bonchev–Trinajstić information content (AvgIpc) is 3.00. The molecule has 0 aliphatic heterocycles. The predicted molar refractivity (Wildman–Crippen MR) is 159 cm³/mol. The van der Waals surface area contributed by atoms with Crippen molar-refractivity contribution in [3.8, 4) is 23.0 Å². The van der Waals surface area contributed by atoms with Gasteiger partial charge in [-0.05, 0) is 59.7 Å². The second-order valence-electron chi connectivity index (χ2n) is 8.99. The number of hydrogen-bond donors (Lipinski definition) is 2. The summed E-state index contributed by atoms with van der Waals surface area (Å²) in [5.74, 6) is 1.43. The zero-order valence-electron chi connectivity index (χ0n) is 22.0. The van der Waals surface area contributed by atoms with E-state index in [-0.39, 0.29) is 32.6 Å². The third-order valence-corrected chi connectivity index (χ3v) is 6.06. The number of aliphatic imine (C=N–C) groups is 2. The molecule has 0 heterocycles. The molecule has 0 atom stereocenters. The Morgan fingerprint density at radius 1 is 0.512 bits per heavy atom. The maximum absolute atomic E-state index is 10.4. The van der Waals surface area contributed by atoms with Crippen molar-refractivity contribution in [2.24, 2.45) is 9.98 Å². The van der Waals surface area contributed by atoms with E-state index in [1.54, 1.807) is 48.8 Å². The molecular formula is C34H28N2O4Pt. The first-order valence-electron chi connectivity index (χ1n) is 12.8. The van der Waals surface area contributed by atoms with E-state index in [2.05, 4.69) is 9.98 Å². The van der Waals surface area contributed by atoms with Gasteiger partial charge in [0, 0.05) is 44.6 Å². The number of ether oxygens (including phenoxy) is 2. The van der Waals surface area contributed by atoms with Crippen molar-refractivity contribution in [3.63, 3.8) is 0 Å². The fraction of sp³-hybridized carbons (Fsp3) is 0.0588. The van der Waals surface area contributed by atoms with Crippen LogP contribution in [-0.4, -0.2) is 22.6 Å². The van der Waals surface area contributed by atoms with Gasteiger partial charge in [0.2, 0.25) is 0 Å². The van der Waals surface area contributed by atoms with Crippen molar-refractivity contribution in [1.82, 2.24) is 0 Å². The van der Waals surface area contributed by atoms with Crippen LogP contribution in [0.15, 0.2) is 131 Å². The van der Waals surface area contributed by atoms with Gasteiger partial charge in [0.1, 0.15) is 36.2 Å². The van der Waals surface area contributed by atoms with E-state index in [0.717, 1.165) is 11.1 Å². The summed E-state index contributed by atoms with van der Waals surface area (Å²) < 4.78 is 11.8. The Balaban J connectivity index is 0.00000387. The van der Waals surface area contributed by atoms with Crippen LogP contribution in [0.5, 0.6) is 23.0 Å². The molecule has 0 fully saturated rings. The molecule has 0 radical (unpaired) electrons. The van der Waals surface area contributed by atoms with Gasteiger partial charge in [0.15, 0.2) is 0 Å². The molecule has 5 aromatic rings. The average molecular weight is 724 g/mol. The van der Waals surface area contributed by atoms with Gasteiger partial charge in [0.25, 0.3) is 0 Å². The number of benzene rings is 5. The van der Waals surface area contributed by atoms with Crippen molar-refractivity contribution < 1.29 is 40.8 Å². The monoisotopic (exact) mass is 723 g/mol. The van der Waals surface area contributed by atoms with Gasteiger partial charge in [-0.25, -0.2) is 0 Å². The summed E-state index contributed by atoms with van der Waals surface area (Å²) >= 11 is 0. The van der Waals surface area contributed by atoms with Crippen LogP contribution in [-0.2, 0) is 34.3 Å².